The van der Waals surface area contributed by atoms with Crippen LogP contribution in [0.25, 0.3) is 33.0 Å². The number of nitrogens with one attached hydrogen (secondary N) is 2. The number of H-pyrrole nitrogens is 1. The van der Waals surface area contributed by atoms with Gasteiger partial charge in [-0.15, -0.1) is 0 Å². The maximum Gasteiger partial charge on any atom is 0.416 e. The second-order valence-electron chi connectivity index (χ2n) is 8.25. The van der Waals surface area contributed by atoms with Crippen LogP contribution in [0, 0.1) is 0 Å². The number of nitrogens with two attached hydrogens (primary N) is 1. The van der Waals surface area contributed by atoms with Crippen molar-refractivity contribution in [2.24, 2.45) is 5.73 Å². The predicted octanol–water partition coefficient (Wildman–Crippen LogP) is 4.69. The van der Waals surface area contributed by atoms with Crippen LogP contribution in [-0.4, -0.2) is 27.9 Å². The number of hydrogen-bond acceptors (Lipinski definition) is 3. The molecule has 1 aliphatic rings. The van der Waals surface area contributed by atoms with Gasteiger partial charge in [0.2, 0.25) is 0 Å². The Morgan fingerprint density at radius 3 is 2.00 bits per heavy atom. The number of hydrogen-bond donors (Lipinski definition) is 3. The van der Waals surface area contributed by atoms with Gasteiger partial charge in [0.15, 0.2) is 0 Å². The first-order valence-corrected chi connectivity index (χ1v) is 10.6. The van der Waals surface area contributed by atoms with Crippen LogP contribution in [0.2, 0.25) is 0 Å². The largest absolute Gasteiger partial charge is 0.416 e. The summed E-state index contributed by atoms with van der Waals surface area (Å²) in [4.78, 5) is 28.5. The molecule has 36 heavy (non-hydrogen) atoms. The van der Waals surface area contributed by atoms with Crippen molar-refractivity contribution in [1.29, 1.82) is 0 Å². The fourth-order valence-corrected chi connectivity index (χ4v) is 4.47. The summed E-state index contributed by atoms with van der Waals surface area (Å²) in [7, 11) is 0. The van der Waals surface area contributed by atoms with Crippen LogP contribution in [0.3, 0.4) is 0 Å². The average molecular weight is 506 g/mol. The first kappa shape index (κ1) is 23.7. The third kappa shape index (κ3) is 3.73. The Bertz CT molecular complexity index is 1590. The van der Waals surface area contributed by atoms with Gasteiger partial charge < -0.3 is 15.3 Å². The first-order valence-electron chi connectivity index (χ1n) is 10.6. The molecule has 2 aromatic heterocycles. The van der Waals surface area contributed by atoms with E-state index in [1.165, 1.54) is 24.5 Å². The van der Waals surface area contributed by atoms with Crippen molar-refractivity contribution >= 4 is 44.8 Å². The number of halogens is 6. The maximum absolute atomic E-state index is 13.5. The van der Waals surface area contributed by atoms with Gasteiger partial charge in [-0.2, -0.15) is 26.3 Å². The fraction of sp³-hybridized carbons (Fsp3) is 0.167. The molecule has 186 valence electrons. The Kier molecular flexibility index (Phi) is 5.25. The summed E-state index contributed by atoms with van der Waals surface area (Å²) in [6.45, 7) is 0.353. The van der Waals surface area contributed by atoms with Gasteiger partial charge in [0, 0.05) is 58.4 Å². The number of rotatable bonds is 4. The summed E-state index contributed by atoms with van der Waals surface area (Å²) < 4.78 is 81.9. The quantitative estimate of drug-likeness (QED) is 0.277. The molecule has 3 heterocycles. The van der Waals surface area contributed by atoms with Crippen molar-refractivity contribution in [3.8, 4) is 0 Å². The number of carbonyl (C=O) groups excluding carboxylic acids is 2. The highest BCUT2D eigenvalue weighted by molar-refractivity contribution is 6.50. The van der Waals surface area contributed by atoms with E-state index in [2.05, 4.69) is 10.3 Å². The molecule has 0 saturated heterocycles. The van der Waals surface area contributed by atoms with Gasteiger partial charge in [0.1, 0.15) is 0 Å². The molecule has 0 fully saturated rings. The van der Waals surface area contributed by atoms with Crippen LogP contribution >= 0.6 is 0 Å². The molecule has 0 spiro atoms. The van der Waals surface area contributed by atoms with Gasteiger partial charge in [0.25, 0.3) is 11.8 Å². The maximum atomic E-state index is 13.5. The molecule has 0 bridgehead atoms. The highest BCUT2D eigenvalue weighted by Gasteiger charge is 2.37. The van der Waals surface area contributed by atoms with E-state index in [1.54, 1.807) is 4.57 Å². The highest BCUT2D eigenvalue weighted by Crippen LogP contribution is 2.41. The Labute approximate surface area is 198 Å². The van der Waals surface area contributed by atoms with Gasteiger partial charge >= 0.3 is 12.4 Å². The summed E-state index contributed by atoms with van der Waals surface area (Å²) in [5.41, 5.74) is 3.91. The molecule has 0 atom stereocenters. The van der Waals surface area contributed by atoms with Crippen LogP contribution in [0.4, 0.5) is 26.3 Å². The molecule has 12 heteroatoms. The van der Waals surface area contributed by atoms with Crippen molar-refractivity contribution in [2.75, 3.05) is 6.54 Å². The van der Waals surface area contributed by atoms with E-state index in [0.717, 1.165) is 24.3 Å². The van der Waals surface area contributed by atoms with E-state index >= 15 is 0 Å². The number of carbonyl (C=O) groups is 2. The molecule has 4 aromatic rings. The van der Waals surface area contributed by atoms with Crippen molar-refractivity contribution in [3.05, 3.63) is 71.0 Å². The van der Waals surface area contributed by atoms with Crippen LogP contribution in [0.5, 0.6) is 0 Å². The van der Waals surface area contributed by atoms with Crippen LogP contribution < -0.4 is 11.1 Å². The Hall–Kier alpha value is -4.06. The van der Waals surface area contributed by atoms with E-state index < -0.39 is 35.3 Å². The van der Waals surface area contributed by atoms with E-state index in [4.69, 9.17) is 5.73 Å². The normalized spacial score (nSPS) is 15.0. The summed E-state index contributed by atoms with van der Waals surface area (Å²) >= 11 is 0. The molecule has 1 aliphatic heterocycles. The molecule has 2 aromatic carbocycles. The van der Waals surface area contributed by atoms with Gasteiger partial charge in [-0.25, -0.2) is 0 Å². The lowest BCUT2D eigenvalue weighted by atomic mass is 9.94. The number of fused-ring (bicyclic) bond motifs is 2. The summed E-state index contributed by atoms with van der Waals surface area (Å²) in [5, 5.41) is 2.20. The smallest absolute Gasteiger partial charge is 0.361 e. The minimum absolute atomic E-state index is 0.0150. The summed E-state index contributed by atoms with van der Waals surface area (Å²) in [6.07, 6.45) is -6.62. The SMILES string of the molecule is NCCn1cc(C2=C(c3c[nH]c4ccc(C(F)(F)F)cc34)C(=O)NC2=O)c2cc(C(F)(F)F)ccc21. The minimum Gasteiger partial charge on any atom is -0.361 e. The molecular formula is C24H16F6N4O2. The summed E-state index contributed by atoms with van der Waals surface area (Å²) in [6, 6.07) is 5.92. The van der Waals surface area contributed by atoms with Gasteiger partial charge in [-0.1, -0.05) is 0 Å². The van der Waals surface area contributed by atoms with Crippen molar-refractivity contribution in [2.45, 2.75) is 18.9 Å². The molecule has 0 aliphatic carbocycles. The monoisotopic (exact) mass is 506 g/mol. The predicted molar refractivity (Wildman–Crippen MR) is 119 cm³/mol. The zero-order valence-corrected chi connectivity index (χ0v) is 18.1. The zero-order valence-electron chi connectivity index (χ0n) is 18.1. The van der Waals surface area contributed by atoms with Crippen LogP contribution in [0.15, 0.2) is 48.8 Å². The van der Waals surface area contributed by atoms with Gasteiger partial charge in [0.05, 0.1) is 22.3 Å². The van der Waals surface area contributed by atoms with E-state index in [-0.39, 0.29) is 51.7 Å². The number of nitrogens with zero attached hydrogens (tertiary/aromatic N) is 1. The number of amides is 2. The molecule has 5 rings (SSSR count). The lowest BCUT2D eigenvalue weighted by Crippen LogP contribution is -2.22. The van der Waals surface area contributed by atoms with Gasteiger partial charge in [-0.3, -0.25) is 14.9 Å². The number of benzene rings is 2. The Morgan fingerprint density at radius 2 is 1.39 bits per heavy atom. The zero-order chi connectivity index (χ0) is 26.0. The summed E-state index contributed by atoms with van der Waals surface area (Å²) in [5.74, 6) is -1.75. The third-order valence-corrected chi connectivity index (χ3v) is 6.06. The Balaban J connectivity index is 1.82. The van der Waals surface area contributed by atoms with Crippen LogP contribution in [-0.2, 0) is 28.5 Å². The number of imide groups is 1. The second kappa shape index (κ2) is 7.98. The molecule has 0 saturated carbocycles. The standard InChI is InChI=1S/C24H16F6N4O2/c25-23(26,27)11-1-3-17-13(7-11)15(9-32-17)19-20(22(36)33-21(19)35)16-10-34(6-5-31)18-4-2-12(8-14(16)18)24(28,29)30/h1-4,7-10,32H,5-6,31H2,(H,33,35,36). The topological polar surface area (TPSA) is 92.9 Å². The van der Waals surface area contributed by atoms with E-state index in [0.29, 0.717) is 5.52 Å². The first-order chi connectivity index (χ1) is 16.9. The number of aromatic amines is 1. The molecule has 2 amide bonds. The van der Waals surface area contributed by atoms with E-state index in [9.17, 15) is 35.9 Å². The molecule has 0 radical (unpaired) electrons. The van der Waals surface area contributed by atoms with Crippen molar-refractivity contribution < 1.29 is 35.9 Å². The Morgan fingerprint density at radius 1 is 0.806 bits per heavy atom. The third-order valence-electron chi connectivity index (χ3n) is 6.06. The molecule has 4 N–H and O–H groups in total. The fourth-order valence-electron chi connectivity index (χ4n) is 4.47. The van der Waals surface area contributed by atoms with E-state index in [1.807, 2.05) is 0 Å². The molecular weight excluding hydrogens is 490 g/mol. The van der Waals surface area contributed by atoms with Gasteiger partial charge in [-0.05, 0) is 36.4 Å². The average Bonchev–Trinajstić information content (AvgIpc) is 3.45. The lowest BCUT2D eigenvalue weighted by Gasteiger charge is -2.09. The van der Waals surface area contributed by atoms with Crippen LogP contribution in [0.1, 0.15) is 22.3 Å². The van der Waals surface area contributed by atoms with Crippen molar-refractivity contribution in [3.63, 3.8) is 0 Å². The number of aromatic nitrogens is 2. The number of alkyl halides is 6. The molecule has 0 unspecified atom stereocenters. The lowest BCUT2D eigenvalue weighted by molar-refractivity contribution is -0.138. The highest BCUT2D eigenvalue weighted by atomic mass is 19.4. The molecule has 6 nitrogen and oxygen atoms in total. The minimum atomic E-state index is -4.67. The van der Waals surface area contributed by atoms with Crippen molar-refractivity contribution in [1.82, 2.24) is 14.9 Å². The second-order valence-corrected chi connectivity index (χ2v) is 8.25.